The number of ether oxygens (including phenoxy) is 2. The lowest BCUT2D eigenvalue weighted by Crippen LogP contribution is -2.35. The first-order valence-electron chi connectivity index (χ1n) is 8.28. The topological polar surface area (TPSA) is 84.9 Å². The van der Waals surface area contributed by atoms with Gasteiger partial charge in [0.2, 0.25) is 6.79 Å². The summed E-state index contributed by atoms with van der Waals surface area (Å²) in [6, 6.07) is 13.2. The second kappa shape index (κ2) is 6.53. The average molecular weight is 374 g/mol. The minimum Gasteiger partial charge on any atom is -0.454 e. The predicted octanol–water partition coefficient (Wildman–Crippen LogP) is 2.50. The van der Waals surface area contributed by atoms with Crippen molar-refractivity contribution in [3.63, 3.8) is 0 Å². The number of urea groups is 1. The molecule has 2 aliphatic heterocycles. The third-order valence-electron chi connectivity index (χ3n) is 4.57. The summed E-state index contributed by atoms with van der Waals surface area (Å²) in [6.07, 6.45) is 0.422. The van der Waals surface area contributed by atoms with Crippen molar-refractivity contribution >= 4 is 21.6 Å². The molecule has 1 fully saturated rings. The Kier molecular flexibility index (Phi) is 4.20. The monoisotopic (exact) mass is 374 g/mol. The summed E-state index contributed by atoms with van der Waals surface area (Å²) in [5.41, 5.74) is 0.577. The van der Waals surface area contributed by atoms with Crippen LogP contribution in [0.15, 0.2) is 53.4 Å². The lowest BCUT2D eigenvalue weighted by molar-refractivity contribution is 0.174. The highest BCUT2D eigenvalue weighted by atomic mass is 32.2. The number of amides is 2. The van der Waals surface area contributed by atoms with Crippen LogP contribution >= 0.6 is 0 Å². The van der Waals surface area contributed by atoms with Crippen molar-refractivity contribution in [2.24, 2.45) is 0 Å². The molecule has 7 nitrogen and oxygen atoms in total. The number of hydrogen-bond acceptors (Lipinski definition) is 5. The Morgan fingerprint density at radius 2 is 1.85 bits per heavy atom. The maximum atomic E-state index is 12.7. The molecule has 1 unspecified atom stereocenters. The number of carbonyl (C=O) groups is 1. The molecule has 0 bridgehead atoms. The van der Waals surface area contributed by atoms with Crippen LogP contribution in [-0.4, -0.2) is 44.5 Å². The number of fused-ring (bicyclic) bond motifs is 1. The van der Waals surface area contributed by atoms with E-state index in [1.165, 1.54) is 4.90 Å². The van der Waals surface area contributed by atoms with Crippen molar-refractivity contribution in [3.8, 4) is 11.5 Å². The third-order valence-corrected chi connectivity index (χ3v) is 6.76. The van der Waals surface area contributed by atoms with E-state index in [2.05, 4.69) is 5.32 Å². The fourth-order valence-corrected chi connectivity index (χ4v) is 4.86. The van der Waals surface area contributed by atoms with E-state index in [1.807, 2.05) is 0 Å². The molecular weight excluding hydrogens is 356 g/mol. The molecule has 2 heterocycles. The van der Waals surface area contributed by atoms with Gasteiger partial charge < -0.3 is 19.7 Å². The van der Waals surface area contributed by atoms with Gasteiger partial charge in [0.05, 0.1) is 10.1 Å². The van der Waals surface area contributed by atoms with Gasteiger partial charge in [0.25, 0.3) is 0 Å². The third kappa shape index (κ3) is 3.08. The fraction of sp³-hybridized carbons (Fsp3) is 0.278. The van der Waals surface area contributed by atoms with Gasteiger partial charge in [-0.3, -0.25) is 0 Å². The number of carbonyl (C=O) groups excluding carboxylic acids is 1. The van der Waals surface area contributed by atoms with Crippen molar-refractivity contribution in [1.82, 2.24) is 4.90 Å². The highest BCUT2D eigenvalue weighted by molar-refractivity contribution is 7.92. The number of hydrogen-bond donors (Lipinski definition) is 1. The zero-order valence-corrected chi connectivity index (χ0v) is 14.7. The van der Waals surface area contributed by atoms with Crippen LogP contribution in [0.25, 0.3) is 0 Å². The van der Waals surface area contributed by atoms with Crippen LogP contribution in [0.1, 0.15) is 6.42 Å². The summed E-state index contributed by atoms with van der Waals surface area (Å²) in [6.45, 7) is 0.735. The normalized spacial score (nSPS) is 18.8. The van der Waals surface area contributed by atoms with Gasteiger partial charge in [-0.15, -0.1) is 0 Å². The number of likely N-dealkylation sites (tertiary alicyclic amines) is 1. The van der Waals surface area contributed by atoms with Gasteiger partial charge in [-0.1, -0.05) is 18.2 Å². The Hall–Kier alpha value is -2.74. The minimum absolute atomic E-state index is 0.165. The average Bonchev–Trinajstić information content (AvgIpc) is 3.32. The van der Waals surface area contributed by atoms with Crippen LogP contribution in [0.5, 0.6) is 11.5 Å². The number of benzene rings is 2. The fourth-order valence-electron chi connectivity index (χ4n) is 3.15. The van der Waals surface area contributed by atoms with Crippen LogP contribution in [0.3, 0.4) is 0 Å². The summed E-state index contributed by atoms with van der Waals surface area (Å²) in [4.78, 5) is 14.3. The first-order chi connectivity index (χ1) is 12.5. The van der Waals surface area contributed by atoms with Gasteiger partial charge >= 0.3 is 6.03 Å². The molecule has 0 radical (unpaired) electrons. The van der Waals surface area contributed by atoms with Crippen LogP contribution in [0, 0.1) is 0 Å². The maximum Gasteiger partial charge on any atom is 0.321 e. The molecule has 4 rings (SSSR count). The molecule has 8 heteroatoms. The summed E-state index contributed by atoms with van der Waals surface area (Å²) in [5.74, 6) is 1.21. The summed E-state index contributed by atoms with van der Waals surface area (Å²) in [7, 11) is -3.44. The predicted molar refractivity (Wildman–Crippen MR) is 95.2 cm³/mol. The Bertz CT molecular complexity index is 930. The number of sulfone groups is 1. The van der Waals surface area contributed by atoms with Crippen molar-refractivity contribution in [2.45, 2.75) is 16.6 Å². The second-order valence-electron chi connectivity index (χ2n) is 6.21. The molecular formula is C18H18N2O5S. The Labute approximate surface area is 151 Å². The van der Waals surface area contributed by atoms with Crippen molar-refractivity contribution in [2.75, 3.05) is 25.2 Å². The van der Waals surface area contributed by atoms with Crippen LogP contribution in [-0.2, 0) is 9.84 Å². The molecule has 2 amide bonds. The molecule has 2 aromatic rings. The summed E-state index contributed by atoms with van der Waals surface area (Å²) < 4.78 is 35.9. The largest absolute Gasteiger partial charge is 0.454 e. The van der Waals surface area contributed by atoms with Gasteiger partial charge in [0.15, 0.2) is 21.3 Å². The zero-order chi connectivity index (χ0) is 18.1. The zero-order valence-electron chi connectivity index (χ0n) is 13.9. The first-order valence-corrected chi connectivity index (χ1v) is 9.83. The van der Waals surface area contributed by atoms with Crippen LogP contribution in [0.4, 0.5) is 10.5 Å². The van der Waals surface area contributed by atoms with E-state index in [4.69, 9.17) is 9.47 Å². The minimum atomic E-state index is -3.44. The van der Waals surface area contributed by atoms with Crippen molar-refractivity contribution < 1.29 is 22.7 Å². The molecule has 0 aliphatic carbocycles. The Balaban J connectivity index is 1.43. The molecule has 26 heavy (non-hydrogen) atoms. The lowest BCUT2D eigenvalue weighted by atomic mass is 10.3. The molecule has 1 atom stereocenters. The van der Waals surface area contributed by atoms with Crippen LogP contribution < -0.4 is 14.8 Å². The van der Waals surface area contributed by atoms with E-state index >= 15 is 0 Å². The maximum absolute atomic E-state index is 12.7. The van der Waals surface area contributed by atoms with Gasteiger partial charge in [0.1, 0.15) is 0 Å². The Morgan fingerprint density at radius 3 is 2.65 bits per heavy atom. The number of anilines is 1. The first kappa shape index (κ1) is 16.7. The summed E-state index contributed by atoms with van der Waals surface area (Å²) >= 11 is 0. The molecule has 0 aromatic heterocycles. The van der Waals surface area contributed by atoms with E-state index in [0.717, 1.165) is 0 Å². The Morgan fingerprint density at radius 1 is 1.08 bits per heavy atom. The van der Waals surface area contributed by atoms with Gasteiger partial charge in [-0.2, -0.15) is 0 Å². The molecule has 0 saturated carbocycles. The molecule has 2 aliphatic rings. The van der Waals surface area contributed by atoms with E-state index < -0.39 is 15.1 Å². The molecule has 1 saturated heterocycles. The summed E-state index contributed by atoms with van der Waals surface area (Å²) in [5, 5.41) is 2.19. The molecule has 1 N–H and O–H groups in total. The van der Waals surface area contributed by atoms with Crippen molar-refractivity contribution in [3.05, 3.63) is 48.5 Å². The molecule has 136 valence electrons. The van der Waals surface area contributed by atoms with E-state index in [-0.39, 0.29) is 19.4 Å². The molecule has 2 aromatic carbocycles. The smallest absolute Gasteiger partial charge is 0.321 e. The highest BCUT2D eigenvalue weighted by Gasteiger charge is 2.36. The van der Waals surface area contributed by atoms with Gasteiger partial charge in [0, 0.05) is 24.8 Å². The number of nitrogens with zero attached hydrogens (tertiary/aromatic N) is 1. The quantitative estimate of drug-likeness (QED) is 0.892. The molecule has 0 spiro atoms. The van der Waals surface area contributed by atoms with Crippen molar-refractivity contribution in [1.29, 1.82) is 0 Å². The van der Waals surface area contributed by atoms with Crippen LogP contribution in [0.2, 0.25) is 0 Å². The number of rotatable bonds is 3. The lowest BCUT2D eigenvalue weighted by Gasteiger charge is -2.18. The SMILES string of the molecule is O=C(Nc1ccc2c(c1)OCO2)N1CCC(S(=O)(=O)c2ccccc2)C1. The van der Waals surface area contributed by atoms with Gasteiger partial charge in [-0.25, -0.2) is 13.2 Å². The highest BCUT2D eigenvalue weighted by Crippen LogP contribution is 2.34. The van der Waals surface area contributed by atoms with E-state index in [1.54, 1.807) is 48.5 Å². The standard InChI is InChI=1S/C18H18N2O5S/c21-18(19-13-6-7-16-17(10-13)25-12-24-16)20-9-8-15(11-20)26(22,23)14-4-2-1-3-5-14/h1-7,10,15H,8-9,11-12H2,(H,19,21). The van der Waals surface area contributed by atoms with Gasteiger partial charge in [-0.05, 0) is 30.7 Å². The van der Waals surface area contributed by atoms with E-state index in [0.29, 0.717) is 35.0 Å². The number of nitrogens with one attached hydrogen (secondary N) is 1. The second-order valence-corrected chi connectivity index (χ2v) is 8.44. The van der Waals surface area contributed by atoms with E-state index in [9.17, 15) is 13.2 Å².